The lowest BCUT2D eigenvalue weighted by Crippen LogP contribution is -2.32. The van der Waals surface area contributed by atoms with E-state index in [1.54, 1.807) is 20.8 Å². The quantitative estimate of drug-likeness (QED) is 0.300. The maximum absolute atomic E-state index is 11.4. The van der Waals surface area contributed by atoms with Crippen LogP contribution in [-0.4, -0.2) is 28.9 Å². The summed E-state index contributed by atoms with van der Waals surface area (Å²) in [4.78, 5) is 33.2. The van der Waals surface area contributed by atoms with E-state index in [4.69, 9.17) is 4.74 Å². The van der Waals surface area contributed by atoms with Crippen LogP contribution in [0.25, 0.3) is 0 Å². The average Bonchev–Trinajstić information content (AvgIpc) is 2.44. The monoisotopic (exact) mass is 332 g/mol. The molecule has 0 fully saturated rings. The fourth-order valence-corrected chi connectivity index (χ4v) is 1.71. The van der Waals surface area contributed by atoms with E-state index in [-0.39, 0.29) is 29.1 Å². The van der Waals surface area contributed by atoms with Gasteiger partial charge in [-0.2, -0.15) is 0 Å². The number of benzene rings is 1. The summed E-state index contributed by atoms with van der Waals surface area (Å²) in [5.41, 5.74) is -0.300. The molecule has 0 heterocycles. The number of nitro groups is 1. The number of alkyl carbamates (subject to hydrolysis) is 1. The Morgan fingerprint density at radius 1 is 1.33 bits per heavy atom. The van der Waals surface area contributed by atoms with Crippen LogP contribution in [0.3, 0.4) is 0 Å². The molecule has 128 valence electrons. The van der Waals surface area contributed by atoms with Gasteiger partial charge in [0.1, 0.15) is 11.2 Å². The molecular weight excluding hydrogens is 312 g/mol. The molecule has 0 aliphatic heterocycles. The Labute approximate surface area is 140 Å². The maximum Gasteiger partial charge on any atom is 0.407 e. The highest BCUT2D eigenvalue weighted by atomic mass is 16.6. The van der Waals surface area contributed by atoms with E-state index >= 15 is 0 Å². The number of ether oxygens (including phenoxy) is 1. The summed E-state index contributed by atoms with van der Waals surface area (Å²) in [7, 11) is 0. The van der Waals surface area contributed by atoms with Crippen molar-refractivity contribution >= 4 is 17.6 Å². The predicted octanol–water partition coefficient (Wildman–Crippen LogP) is 3.06. The van der Waals surface area contributed by atoms with E-state index in [0.717, 1.165) is 0 Å². The van der Waals surface area contributed by atoms with Crippen LogP contribution in [-0.2, 0) is 4.74 Å². The van der Waals surface area contributed by atoms with Gasteiger partial charge in [-0.25, -0.2) is 4.79 Å². The third-order valence-electron chi connectivity index (χ3n) is 2.74. The first-order chi connectivity index (χ1) is 11.1. The first-order valence-electron chi connectivity index (χ1n) is 7.35. The van der Waals surface area contributed by atoms with E-state index in [1.165, 1.54) is 25.1 Å². The van der Waals surface area contributed by atoms with E-state index < -0.39 is 16.6 Å². The number of ketones is 1. The maximum atomic E-state index is 11.4. The summed E-state index contributed by atoms with van der Waals surface area (Å²) < 4.78 is 5.07. The van der Waals surface area contributed by atoms with Crippen molar-refractivity contribution in [3.63, 3.8) is 0 Å². The van der Waals surface area contributed by atoms with Crippen molar-refractivity contribution in [2.24, 2.45) is 0 Å². The Balaban J connectivity index is 2.68. The summed E-state index contributed by atoms with van der Waals surface area (Å²) in [6, 6.07) is 4.16. The van der Waals surface area contributed by atoms with E-state index in [2.05, 4.69) is 17.2 Å². The zero-order valence-electron chi connectivity index (χ0n) is 14.1. The molecule has 0 spiro atoms. The number of carbonyl (C=O) groups excluding carboxylic acids is 2. The lowest BCUT2D eigenvalue weighted by Gasteiger charge is -2.19. The number of Topliss-reactive ketones (excluding diaryl/α,β-unsaturated/α-hetero) is 1. The van der Waals surface area contributed by atoms with Crippen molar-refractivity contribution < 1.29 is 19.2 Å². The molecule has 1 aromatic rings. The second-order valence-corrected chi connectivity index (χ2v) is 6.03. The molecule has 24 heavy (non-hydrogen) atoms. The minimum atomic E-state index is -0.575. The number of hydrogen-bond donors (Lipinski definition) is 1. The van der Waals surface area contributed by atoms with Gasteiger partial charge in [-0.3, -0.25) is 14.9 Å². The Kier molecular flexibility index (Phi) is 6.48. The second-order valence-electron chi connectivity index (χ2n) is 6.03. The second kappa shape index (κ2) is 8.11. The number of carbonyl (C=O) groups is 2. The number of nitrogens with one attached hydrogen (secondary N) is 1. The van der Waals surface area contributed by atoms with Crippen LogP contribution in [0.15, 0.2) is 18.2 Å². The minimum absolute atomic E-state index is 0.213. The number of nitrogens with zero attached hydrogens (tertiary/aromatic N) is 1. The predicted molar refractivity (Wildman–Crippen MR) is 88.8 cm³/mol. The van der Waals surface area contributed by atoms with Gasteiger partial charge in [0.05, 0.1) is 4.92 Å². The molecule has 7 heteroatoms. The van der Waals surface area contributed by atoms with Crippen LogP contribution in [0.1, 0.15) is 50.0 Å². The third-order valence-corrected chi connectivity index (χ3v) is 2.74. The molecule has 0 atom stereocenters. The SMILES string of the molecule is CC(=O)c1ccc(C#CCCNC(=O)OC(C)(C)C)c([N+](=O)[O-])c1. The number of rotatable bonds is 4. The van der Waals surface area contributed by atoms with Crippen LogP contribution in [0, 0.1) is 22.0 Å². The molecule has 0 saturated carbocycles. The van der Waals surface area contributed by atoms with Crippen molar-refractivity contribution in [2.45, 2.75) is 39.7 Å². The molecule has 0 unspecified atom stereocenters. The lowest BCUT2D eigenvalue weighted by atomic mass is 10.1. The van der Waals surface area contributed by atoms with E-state index in [0.29, 0.717) is 6.42 Å². The molecule has 0 radical (unpaired) electrons. The molecule has 1 aromatic carbocycles. The van der Waals surface area contributed by atoms with Crippen LogP contribution < -0.4 is 5.32 Å². The normalized spacial score (nSPS) is 10.3. The van der Waals surface area contributed by atoms with Crippen molar-refractivity contribution in [3.05, 3.63) is 39.4 Å². The Bertz CT molecular complexity index is 708. The summed E-state index contributed by atoms with van der Waals surface area (Å²) in [6.45, 7) is 6.89. The van der Waals surface area contributed by atoms with Gasteiger partial charge in [0, 0.05) is 24.6 Å². The van der Waals surface area contributed by atoms with Crippen LogP contribution in [0.2, 0.25) is 0 Å². The molecule has 7 nitrogen and oxygen atoms in total. The van der Waals surface area contributed by atoms with Crippen LogP contribution in [0.5, 0.6) is 0 Å². The lowest BCUT2D eigenvalue weighted by molar-refractivity contribution is -0.385. The van der Waals surface area contributed by atoms with Gasteiger partial charge < -0.3 is 10.1 Å². The molecule has 0 aromatic heterocycles. The topological polar surface area (TPSA) is 98.5 Å². The third kappa shape index (κ3) is 6.48. The Morgan fingerprint density at radius 3 is 2.54 bits per heavy atom. The molecule has 1 N–H and O–H groups in total. The van der Waals surface area contributed by atoms with Gasteiger partial charge in [-0.05, 0) is 39.8 Å². The van der Waals surface area contributed by atoms with E-state index in [9.17, 15) is 19.7 Å². The number of hydrogen-bond acceptors (Lipinski definition) is 5. The smallest absolute Gasteiger partial charge is 0.407 e. The van der Waals surface area contributed by atoms with Gasteiger partial charge in [-0.15, -0.1) is 0 Å². The van der Waals surface area contributed by atoms with E-state index in [1.807, 2.05) is 0 Å². The molecular formula is C17H20N2O5. The molecule has 1 amide bonds. The molecule has 1 rings (SSSR count). The van der Waals surface area contributed by atoms with Gasteiger partial charge in [0.2, 0.25) is 0 Å². The highest BCUT2D eigenvalue weighted by molar-refractivity contribution is 5.95. The van der Waals surface area contributed by atoms with Crippen molar-refractivity contribution in [2.75, 3.05) is 6.54 Å². The average molecular weight is 332 g/mol. The Hall–Kier alpha value is -2.88. The number of nitro benzene ring substituents is 1. The van der Waals surface area contributed by atoms with Gasteiger partial charge in [0.25, 0.3) is 5.69 Å². The summed E-state index contributed by atoms with van der Waals surface area (Å²) in [6.07, 6.45) is -0.230. The fourth-order valence-electron chi connectivity index (χ4n) is 1.71. The highest BCUT2D eigenvalue weighted by Gasteiger charge is 2.16. The zero-order chi connectivity index (χ0) is 18.3. The zero-order valence-corrected chi connectivity index (χ0v) is 14.1. The molecule has 0 aliphatic carbocycles. The van der Waals surface area contributed by atoms with Crippen LogP contribution in [0.4, 0.5) is 10.5 Å². The fraction of sp³-hybridized carbons (Fsp3) is 0.412. The Morgan fingerprint density at radius 2 is 2.00 bits per heavy atom. The first kappa shape index (κ1) is 19.2. The summed E-state index contributed by atoms with van der Waals surface area (Å²) in [5.74, 6) is 5.19. The van der Waals surface area contributed by atoms with Crippen molar-refractivity contribution in [3.8, 4) is 11.8 Å². The van der Waals surface area contributed by atoms with Crippen LogP contribution >= 0.6 is 0 Å². The highest BCUT2D eigenvalue weighted by Crippen LogP contribution is 2.19. The molecule has 0 saturated heterocycles. The van der Waals surface area contributed by atoms with Crippen molar-refractivity contribution in [1.29, 1.82) is 0 Å². The van der Waals surface area contributed by atoms with Gasteiger partial charge in [0.15, 0.2) is 5.78 Å². The summed E-state index contributed by atoms with van der Waals surface area (Å²) >= 11 is 0. The molecule has 0 bridgehead atoms. The van der Waals surface area contributed by atoms with Crippen molar-refractivity contribution in [1.82, 2.24) is 5.32 Å². The standard InChI is InChI=1S/C17H20N2O5/c1-12(20)14-9-8-13(15(11-14)19(22)23)7-5-6-10-18-16(21)24-17(2,3)4/h8-9,11H,6,10H2,1-4H3,(H,18,21). The first-order valence-corrected chi connectivity index (χ1v) is 7.35. The van der Waals surface area contributed by atoms with Gasteiger partial charge in [-0.1, -0.05) is 11.8 Å². The minimum Gasteiger partial charge on any atom is -0.444 e. The number of amides is 1. The largest absolute Gasteiger partial charge is 0.444 e. The summed E-state index contributed by atoms with van der Waals surface area (Å²) in [5, 5.41) is 13.6. The molecule has 0 aliphatic rings. The van der Waals surface area contributed by atoms with Gasteiger partial charge >= 0.3 is 6.09 Å².